The predicted molar refractivity (Wildman–Crippen MR) is 140 cm³/mol. The molecular formula is C29H38N2O4. The van der Waals surface area contributed by atoms with Gasteiger partial charge in [0.25, 0.3) is 0 Å². The van der Waals surface area contributed by atoms with Crippen molar-refractivity contribution in [3.63, 3.8) is 0 Å². The van der Waals surface area contributed by atoms with Crippen LogP contribution in [0.1, 0.15) is 79.9 Å². The number of fused-ring (bicyclic) bond motifs is 1. The summed E-state index contributed by atoms with van der Waals surface area (Å²) in [6, 6.07) is 11.5. The SMILES string of the molecule is CCCNC(=O)C(Cc1ccc2[nH]cc(C(CCC)c3ccc(C(=O)O)cc3OC)c2c1)C(C)C. The molecule has 2 aromatic carbocycles. The molecule has 3 N–H and O–H groups in total. The quantitative estimate of drug-likeness (QED) is 0.291. The smallest absolute Gasteiger partial charge is 0.335 e. The highest BCUT2D eigenvalue weighted by Gasteiger charge is 2.24. The average molecular weight is 479 g/mol. The number of aromatic nitrogens is 1. The molecule has 0 bridgehead atoms. The molecule has 0 aliphatic heterocycles. The highest BCUT2D eigenvalue weighted by Crippen LogP contribution is 2.39. The Kier molecular flexibility index (Phi) is 8.96. The van der Waals surface area contributed by atoms with Crippen LogP contribution in [0.15, 0.2) is 42.6 Å². The van der Waals surface area contributed by atoms with E-state index < -0.39 is 5.97 Å². The molecule has 0 aliphatic rings. The number of methoxy groups -OCH3 is 1. The molecule has 0 spiro atoms. The van der Waals surface area contributed by atoms with Crippen LogP contribution in [0.4, 0.5) is 0 Å². The number of benzene rings is 2. The minimum absolute atomic E-state index is 0.0514. The van der Waals surface area contributed by atoms with Gasteiger partial charge in [0.1, 0.15) is 5.75 Å². The van der Waals surface area contributed by atoms with Gasteiger partial charge in [0, 0.05) is 41.0 Å². The second kappa shape index (κ2) is 11.9. The standard InChI is InChI=1S/C29H38N2O4/c1-6-8-21(22-11-10-20(29(33)34)16-27(22)35-5)25-17-31-26-12-9-19(15-24(25)26)14-23(18(3)4)28(32)30-13-7-2/h9-12,15-18,21,23,31H,6-8,13-14H2,1-5H3,(H,30,32)(H,33,34). The molecule has 1 heterocycles. The number of H-pyrrole nitrogens is 1. The zero-order valence-corrected chi connectivity index (χ0v) is 21.5. The lowest BCUT2D eigenvalue weighted by molar-refractivity contribution is -0.126. The lowest BCUT2D eigenvalue weighted by Crippen LogP contribution is -2.35. The molecule has 6 nitrogen and oxygen atoms in total. The third-order valence-electron chi connectivity index (χ3n) is 6.73. The third kappa shape index (κ3) is 6.05. The van der Waals surface area contributed by atoms with Gasteiger partial charge in [-0.25, -0.2) is 4.79 Å². The van der Waals surface area contributed by atoms with E-state index in [1.165, 1.54) is 0 Å². The Hall–Kier alpha value is -3.28. The van der Waals surface area contributed by atoms with E-state index in [0.717, 1.165) is 46.9 Å². The van der Waals surface area contributed by atoms with E-state index in [-0.39, 0.29) is 29.2 Å². The summed E-state index contributed by atoms with van der Waals surface area (Å²) in [5, 5.41) is 13.6. The van der Waals surface area contributed by atoms with Crippen LogP contribution >= 0.6 is 0 Å². The third-order valence-corrected chi connectivity index (χ3v) is 6.73. The number of rotatable bonds is 12. The molecule has 6 heteroatoms. The van der Waals surface area contributed by atoms with E-state index in [2.05, 4.69) is 56.2 Å². The first-order chi connectivity index (χ1) is 16.8. The van der Waals surface area contributed by atoms with Crippen molar-refractivity contribution in [1.82, 2.24) is 10.3 Å². The molecule has 188 valence electrons. The fourth-order valence-electron chi connectivity index (χ4n) is 4.77. The predicted octanol–water partition coefficient (Wildman–Crippen LogP) is 6.15. The second-order valence-corrected chi connectivity index (χ2v) is 9.57. The van der Waals surface area contributed by atoms with Crippen molar-refractivity contribution in [3.05, 3.63) is 64.8 Å². The van der Waals surface area contributed by atoms with Gasteiger partial charge in [-0.3, -0.25) is 4.79 Å². The summed E-state index contributed by atoms with van der Waals surface area (Å²) in [6.45, 7) is 9.10. The van der Waals surface area contributed by atoms with Crippen molar-refractivity contribution in [2.75, 3.05) is 13.7 Å². The van der Waals surface area contributed by atoms with Crippen molar-refractivity contribution in [2.45, 2.75) is 59.3 Å². The molecule has 3 rings (SSSR count). The Morgan fingerprint density at radius 3 is 2.46 bits per heavy atom. The molecule has 0 saturated heterocycles. The maximum atomic E-state index is 12.8. The first-order valence-electron chi connectivity index (χ1n) is 12.6. The van der Waals surface area contributed by atoms with Crippen LogP contribution in [-0.4, -0.2) is 35.6 Å². The number of ether oxygens (including phenoxy) is 1. The zero-order valence-electron chi connectivity index (χ0n) is 21.5. The van der Waals surface area contributed by atoms with Crippen LogP contribution < -0.4 is 10.1 Å². The molecule has 3 aromatic rings. The number of hydrogen-bond acceptors (Lipinski definition) is 3. The monoisotopic (exact) mass is 478 g/mol. The van der Waals surface area contributed by atoms with E-state index in [4.69, 9.17) is 4.74 Å². The number of amides is 1. The van der Waals surface area contributed by atoms with Crippen LogP contribution in [0.3, 0.4) is 0 Å². The molecular weight excluding hydrogens is 440 g/mol. The van der Waals surface area contributed by atoms with Crippen molar-refractivity contribution in [1.29, 1.82) is 0 Å². The summed E-state index contributed by atoms with van der Waals surface area (Å²) in [5.74, 6) is -0.0730. The molecule has 0 saturated carbocycles. The first-order valence-corrected chi connectivity index (χ1v) is 12.6. The van der Waals surface area contributed by atoms with Gasteiger partial charge < -0.3 is 20.1 Å². The molecule has 2 unspecified atom stereocenters. The molecule has 1 amide bonds. The van der Waals surface area contributed by atoms with Crippen LogP contribution in [0.5, 0.6) is 5.75 Å². The summed E-state index contributed by atoms with van der Waals surface area (Å²) in [7, 11) is 1.58. The second-order valence-electron chi connectivity index (χ2n) is 9.57. The topological polar surface area (TPSA) is 91.4 Å². The van der Waals surface area contributed by atoms with Crippen LogP contribution in [0.2, 0.25) is 0 Å². The van der Waals surface area contributed by atoms with E-state index in [0.29, 0.717) is 18.7 Å². The molecule has 2 atom stereocenters. The van der Waals surface area contributed by atoms with Gasteiger partial charge in [0.15, 0.2) is 0 Å². The minimum atomic E-state index is -0.971. The minimum Gasteiger partial charge on any atom is -0.496 e. The molecule has 0 aliphatic carbocycles. The fraction of sp³-hybridized carbons (Fsp3) is 0.448. The van der Waals surface area contributed by atoms with E-state index >= 15 is 0 Å². The molecule has 0 fully saturated rings. The Morgan fingerprint density at radius 2 is 1.83 bits per heavy atom. The van der Waals surface area contributed by atoms with Gasteiger partial charge in [0.05, 0.1) is 12.7 Å². The summed E-state index contributed by atoms with van der Waals surface area (Å²) in [4.78, 5) is 27.7. The Balaban J connectivity index is 2.01. The number of carbonyl (C=O) groups is 2. The number of aromatic amines is 1. The summed E-state index contributed by atoms with van der Waals surface area (Å²) in [5.41, 5.74) is 4.52. The van der Waals surface area contributed by atoms with Gasteiger partial charge in [-0.15, -0.1) is 0 Å². The van der Waals surface area contributed by atoms with Crippen molar-refractivity contribution in [3.8, 4) is 5.75 Å². The Morgan fingerprint density at radius 1 is 1.06 bits per heavy atom. The largest absolute Gasteiger partial charge is 0.496 e. The number of nitrogens with one attached hydrogen (secondary N) is 2. The van der Waals surface area contributed by atoms with Crippen LogP contribution in [0, 0.1) is 11.8 Å². The van der Waals surface area contributed by atoms with Crippen LogP contribution in [0.25, 0.3) is 10.9 Å². The number of aromatic carboxylic acids is 1. The molecule has 1 aromatic heterocycles. The van der Waals surface area contributed by atoms with Gasteiger partial charge in [-0.2, -0.15) is 0 Å². The summed E-state index contributed by atoms with van der Waals surface area (Å²) < 4.78 is 5.62. The van der Waals surface area contributed by atoms with Gasteiger partial charge in [0.2, 0.25) is 5.91 Å². The van der Waals surface area contributed by atoms with Crippen molar-refractivity contribution < 1.29 is 19.4 Å². The highest BCUT2D eigenvalue weighted by atomic mass is 16.5. The van der Waals surface area contributed by atoms with Gasteiger partial charge >= 0.3 is 5.97 Å². The summed E-state index contributed by atoms with van der Waals surface area (Å²) in [6.07, 6.45) is 5.52. The Bertz CT molecular complexity index is 1160. The first kappa shape index (κ1) is 26.3. The molecule has 35 heavy (non-hydrogen) atoms. The lowest BCUT2D eigenvalue weighted by Gasteiger charge is -2.21. The van der Waals surface area contributed by atoms with E-state index in [1.54, 1.807) is 19.2 Å². The Labute approximate surface area is 208 Å². The van der Waals surface area contributed by atoms with E-state index in [9.17, 15) is 14.7 Å². The van der Waals surface area contributed by atoms with Gasteiger partial charge in [-0.1, -0.05) is 46.2 Å². The number of carboxylic acid groups (broad SMARTS) is 1. The van der Waals surface area contributed by atoms with Crippen LogP contribution in [-0.2, 0) is 11.2 Å². The highest BCUT2D eigenvalue weighted by molar-refractivity contribution is 5.89. The zero-order chi connectivity index (χ0) is 25.5. The lowest BCUT2D eigenvalue weighted by atomic mass is 9.85. The van der Waals surface area contributed by atoms with Crippen molar-refractivity contribution in [2.24, 2.45) is 11.8 Å². The number of carbonyl (C=O) groups excluding carboxylic acids is 1. The van der Waals surface area contributed by atoms with Crippen molar-refractivity contribution >= 4 is 22.8 Å². The fourth-order valence-corrected chi connectivity index (χ4v) is 4.77. The van der Waals surface area contributed by atoms with Gasteiger partial charge in [-0.05, 0) is 60.6 Å². The summed E-state index contributed by atoms with van der Waals surface area (Å²) >= 11 is 0. The van der Waals surface area contributed by atoms with E-state index in [1.807, 2.05) is 12.3 Å². The number of carboxylic acids is 1. The maximum Gasteiger partial charge on any atom is 0.335 e. The average Bonchev–Trinajstić information content (AvgIpc) is 3.26. The maximum absolute atomic E-state index is 12.8. The normalized spacial score (nSPS) is 13.1. The molecule has 0 radical (unpaired) electrons. The number of hydrogen-bond donors (Lipinski definition) is 3.